The van der Waals surface area contributed by atoms with Crippen LogP contribution >= 0.6 is 0 Å². The van der Waals surface area contributed by atoms with Gasteiger partial charge in [0.15, 0.2) is 0 Å². The second-order valence-corrected chi connectivity index (χ2v) is 7.84. The maximum Gasteiger partial charge on any atom is 0.410 e. The molecule has 1 aliphatic carbocycles. The van der Waals surface area contributed by atoms with Crippen LogP contribution in [0.4, 0.5) is 4.79 Å². The molecule has 2 rings (SSSR count). The van der Waals surface area contributed by atoms with Crippen LogP contribution in [0.15, 0.2) is 0 Å². The number of amides is 1. The van der Waals surface area contributed by atoms with Crippen molar-refractivity contribution >= 4 is 6.09 Å². The fraction of sp³-hybridized carbons (Fsp3) is 0.941. The fourth-order valence-corrected chi connectivity index (χ4v) is 3.12. The van der Waals surface area contributed by atoms with Crippen LogP contribution in [-0.2, 0) is 9.47 Å². The van der Waals surface area contributed by atoms with E-state index in [0.717, 1.165) is 45.5 Å². The summed E-state index contributed by atoms with van der Waals surface area (Å²) in [6.45, 7) is 9.32. The number of rotatable bonds is 7. The van der Waals surface area contributed by atoms with Crippen LogP contribution in [0.2, 0.25) is 0 Å². The van der Waals surface area contributed by atoms with Gasteiger partial charge in [-0.3, -0.25) is 0 Å². The van der Waals surface area contributed by atoms with Crippen LogP contribution < -0.4 is 5.32 Å². The van der Waals surface area contributed by atoms with Crippen LogP contribution in [0.3, 0.4) is 0 Å². The normalized spacial score (nSPS) is 23.6. The molecule has 2 aliphatic rings. The first kappa shape index (κ1) is 17.5. The number of hydrogen-bond acceptors (Lipinski definition) is 4. The van der Waals surface area contributed by atoms with E-state index in [9.17, 15) is 4.79 Å². The topological polar surface area (TPSA) is 50.8 Å². The summed E-state index contributed by atoms with van der Waals surface area (Å²) in [6.07, 6.45) is 5.69. The van der Waals surface area contributed by atoms with E-state index in [2.05, 4.69) is 5.32 Å². The molecule has 2 fully saturated rings. The van der Waals surface area contributed by atoms with E-state index in [-0.39, 0.29) is 12.1 Å². The van der Waals surface area contributed by atoms with Crippen LogP contribution in [0.5, 0.6) is 0 Å². The van der Waals surface area contributed by atoms with Crippen molar-refractivity contribution < 1.29 is 14.3 Å². The summed E-state index contributed by atoms with van der Waals surface area (Å²) < 4.78 is 10.7. The summed E-state index contributed by atoms with van der Waals surface area (Å²) in [5, 5.41) is 3.58. The van der Waals surface area contributed by atoms with E-state index in [1.807, 2.05) is 25.7 Å². The first-order valence-electron chi connectivity index (χ1n) is 8.55. The first-order valence-corrected chi connectivity index (χ1v) is 8.55. The third-order valence-corrected chi connectivity index (χ3v) is 4.68. The van der Waals surface area contributed by atoms with Gasteiger partial charge in [0.25, 0.3) is 0 Å². The number of carbonyl (C=O) groups is 1. The lowest BCUT2D eigenvalue weighted by Crippen LogP contribution is -2.44. The Morgan fingerprint density at radius 2 is 2.09 bits per heavy atom. The molecule has 0 aromatic rings. The van der Waals surface area contributed by atoms with Crippen molar-refractivity contribution in [3.63, 3.8) is 0 Å². The molecule has 1 unspecified atom stereocenters. The average molecular weight is 312 g/mol. The molecule has 22 heavy (non-hydrogen) atoms. The third-order valence-electron chi connectivity index (χ3n) is 4.68. The highest BCUT2D eigenvalue weighted by Crippen LogP contribution is 2.48. The van der Waals surface area contributed by atoms with Crippen LogP contribution in [-0.4, -0.2) is 56.0 Å². The number of likely N-dealkylation sites (tertiary alicyclic amines) is 1. The van der Waals surface area contributed by atoms with Gasteiger partial charge in [0, 0.05) is 39.4 Å². The summed E-state index contributed by atoms with van der Waals surface area (Å²) in [7, 11) is 1.76. The predicted octanol–water partition coefficient (Wildman–Crippen LogP) is 2.79. The lowest BCUT2D eigenvalue weighted by molar-refractivity contribution is 0.0226. The molecule has 1 heterocycles. The Kier molecular flexibility index (Phi) is 5.72. The molecule has 1 saturated heterocycles. The number of methoxy groups -OCH3 is 1. The van der Waals surface area contributed by atoms with Gasteiger partial charge in [-0.2, -0.15) is 0 Å². The zero-order chi connectivity index (χ0) is 16.2. The van der Waals surface area contributed by atoms with Gasteiger partial charge < -0.3 is 19.7 Å². The van der Waals surface area contributed by atoms with E-state index in [1.165, 1.54) is 12.8 Å². The van der Waals surface area contributed by atoms with Gasteiger partial charge >= 0.3 is 6.09 Å². The zero-order valence-corrected chi connectivity index (χ0v) is 14.6. The van der Waals surface area contributed by atoms with Gasteiger partial charge in [-0.1, -0.05) is 0 Å². The van der Waals surface area contributed by atoms with Gasteiger partial charge in [-0.25, -0.2) is 4.79 Å². The van der Waals surface area contributed by atoms with Crippen molar-refractivity contribution in [2.45, 2.75) is 64.5 Å². The molecule has 1 amide bonds. The average Bonchev–Trinajstić information content (AvgIpc) is 3.02. The zero-order valence-electron chi connectivity index (χ0n) is 14.6. The molecule has 1 saturated carbocycles. The van der Waals surface area contributed by atoms with Crippen LogP contribution in [0, 0.1) is 5.41 Å². The van der Waals surface area contributed by atoms with E-state index < -0.39 is 5.60 Å². The van der Waals surface area contributed by atoms with Crippen molar-refractivity contribution in [2.75, 3.05) is 33.4 Å². The molecule has 5 nitrogen and oxygen atoms in total. The van der Waals surface area contributed by atoms with Gasteiger partial charge in [0.1, 0.15) is 5.60 Å². The quantitative estimate of drug-likeness (QED) is 0.785. The van der Waals surface area contributed by atoms with Crippen molar-refractivity contribution in [2.24, 2.45) is 5.41 Å². The standard InChI is InChI=1S/C17H32N2O3/c1-16(2,3)22-15(20)19-10-5-6-14(19)12-18-13-17(7-8-17)9-11-21-4/h14,18H,5-13H2,1-4H3. The maximum absolute atomic E-state index is 12.2. The highest BCUT2D eigenvalue weighted by atomic mass is 16.6. The van der Waals surface area contributed by atoms with E-state index in [1.54, 1.807) is 7.11 Å². The molecule has 0 radical (unpaired) electrons. The second-order valence-electron chi connectivity index (χ2n) is 7.84. The Morgan fingerprint density at radius 3 is 2.68 bits per heavy atom. The summed E-state index contributed by atoms with van der Waals surface area (Å²) in [4.78, 5) is 14.1. The predicted molar refractivity (Wildman–Crippen MR) is 87.0 cm³/mol. The van der Waals surface area contributed by atoms with E-state index in [0.29, 0.717) is 5.41 Å². The molecular formula is C17H32N2O3. The van der Waals surface area contributed by atoms with Gasteiger partial charge in [-0.05, 0) is 58.3 Å². The van der Waals surface area contributed by atoms with Crippen molar-refractivity contribution in [1.29, 1.82) is 0 Å². The van der Waals surface area contributed by atoms with Gasteiger partial charge in [0.05, 0.1) is 0 Å². The molecule has 1 atom stereocenters. The molecule has 0 aromatic carbocycles. The minimum Gasteiger partial charge on any atom is -0.444 e. The number of carbonyl (C=O) groups excluding carboxylic acids is 1. The summed E-state index contributed by atoms with van der Waals surface area (Å²) in [5.41, 5.74) is 0.0290. The number of hydrogen-bond donors (Lipinski definition) is 1. The van der Waals surface area contributed by atoms with Crippen LogP contribution in [0.1, 0.15) is 52.9 Å². The Hall–Kier alpha value is -0.810. The largest absolute Gasteiger partial charge is 0.444 e. The Labute approximate surface area is 134 Å². The highest BCUT2D eigenvalue weighted by Gasteiger charge is 2.42. The SMILES string of the molecule is COCCC1(CNCC2CCCN2C(=O)OC(C)(C)C)CC1. The summed E-state index contributed by atoms with van der Waals surface area (Å²) in [6, 6.07) is 0.271. The lowest BCUT2D eigenvalue weighted by atomic mass is 10.0. The first-order chi connectivity index (χ1) is 10.4. The van der Waals surface area contributed by atoms with Crippen molar-refractivity contribution in [3.8, 4) is 0 Å². The highest BCUT2D eigenvalue weighted by molar-refractivity contribution is 5.69. The van der Waals surface area contributed by atoms with E-state index in [4.69, 9.17) is 9.47 Å². The summed E-state index contributed by atoms with van der Waals surface area (Å²) in [5.74, 6) is 0. The molecular weight excluding hydrogens is 280 g/mol. The minimum atomic E-state index is -0.421. The Balaban J connectivity index is 1.74. The Bertz CT molecular complexity index is 375. The number of ether oxygens (including phenoxy) is 2. The molecule has 1 N–H and O–H groups in total. The molecule has 5 heteroatoms. The Morgan fingerprint density at radius 1 is 1.36 bits per heavy atom. The molecule has 0 bridgehead atoms. The number of nitrogens with one attached hydrogen (secondary N) is 1. The molecule has 0 aromatic heterocycles. The van der Waals surface area contributed by atoms with Crippen LogP contribution in [0.25, 0.3) is 0 Å². The smallest absolute Gasteiger partial charge is 0.410 e. The molecule has 1 aliphatic heterocycles. The van der Waals surface area contributed by atoms with Crippen molar-refractivity contribution in [1.82, 2.24) is 10.2 Å². The number of nitrogens with zero attached hydrogens (tertiary/aromatic N) is 1. The minimum absolute atomic E-state index is 0.169. The third kappa shape index (κ3) is 5.13. The lowest BCUT2D eigenvalue weighted by Gasteiger charge is -2.29. The molecule has 128 valence electrons. The summed E-state index contributed by atoms with van der Waals surface area (Å²) >= 11 is 0. The van der Waals surface area contributed by atoms with Gasteiger partial charge in [0.2, 0.25) is 0 Å². The molecule has 0 spiro atoms. The second kappa shape index (κ2) is 7.18. The maximum atomic E-state index is 12.2. The van der Waals surface area contributed by atoms with E-state index >= 15 is 0 Å². The fourth-order valence-electron chi connectivity index (χ4n) is 3.12. The monoisotopic (exact) mass is 312 g/mol. The van der Waals surface area contributed by atoms with Crippen molar-refractivity contribution in [3.05, 3.63) is 0 Å². The van der Waals surface area contributed by atoms with Gasteiger partial charge in [-0.15, -0.1) is 0 Å².